The van der Waals surface area contributed by atoms with Gasteiger partial charge in [0.2, 0.25) is 5.91 Å². The van der Waals surface area contributed by atoms with Gasteiger partial charge in [-0.25, -0.2) is 0 Å². The van der Waals surface area contributed by atoms with E-state index in [1.807, 2.05) is 24.3 Å². The van der Waals surface area contributed by atoms with Crippen molar-refractivity contribution in [2.75, 3.05) is 11.9 Å². The number of para-hydroxylation sites is 1. The van der Waals surface area contributed by atoms with Gasteiger partial charge in [-0.2, -0.15) is 0 Å². The molecule has 132 valence electrons. The molecule has 2 aromatic rings. The number of anilines is 1. The summed E-state index contributed by atoms with van der Waals surface area (Å²) in [6.07, 6.45) is 1.79. The lowest BCUT2D eigenvalue weighted by molar-refractivity contribution is -0.136. The van der Waals surface area contributed by atoms with E-state index < -0.39 is 5.97 Å². The predicted octanol–water partition coefficient (Wildman–Crippen LogP) is 3.67. The Hall–Kier alpha value is -2.82. The van der Waals surface area contributed by atoms with Crippen molar-refractivity contribution in [2.45, 2.75) is 32.6 Å². The summed E-state index contributed by atoms with van der Waals surface area (Å²) in [5.74, 6) is -0.228. The Balaban J connectivity index is 1.87. The Labute approximate surface area is 147 Å². The second-order valence-electron chi connectivity index (χ2n) is 5.77. The molecule has 2 aromatic carbocycles. The third kappa shape index (κ3) is 6.30. The van der Waals surface area contributed by atoms with Gasteiger partial charge in [-0.3, -0.25) is 9.59 Å². The van der Waals surface area contributed by atoms with Gasteiger partial charge in [-0.15, -0.1) is 0 Å². The molecule has 2 rings (SSSR count). The fourth-order valence-electron chi connectivity index (χ4n) is 2.40. The van der Waals surface area contributed by atoms with E-state index in [0.29, 0.717) is 30.7 Å². The molecular formula is C20H23NO4. The van der Waals surface area contributed by atoms with Crippen molar-refractivity contribution in [1.29, 1.82) is 0 Å². The molecule has 0 aliphatic carbocycles. The van der Waals surface area contributed by atoms with Gasteiger partial charge < -0.3 is 15.2 Å². The molecule has 1 amide bonds. The number of aliphatic carboxylic acids is 1. The van der Waals surface area contributed by atoms with Gasteiger partial charge in [0.05, 0.1) is 13.0 Å². The van der Waals surface area contributed by atoms with Crippen LogP contribution in [0.15, 0.2) is 48.5 Å². The van der Waals surface area contributed by atoms with E-state index in [4.69, 9.17) is 9.84 Å². The van der Waals surface area contributed by atoms with Crippen molar-refractivity contribution in [3.63, 3.8) is 0 Å². The first-order valence-electron chi connectivity index (χ1n) is 8.39. The minimum atomic E-state index is -0.924. The average molecular weight is 341 g/mol. The molecule has 5 heteroatoms. The van der Waals surface area contributed by atoms with Crippen LogP contribution in [-0.4, -0.2) is 23.6 Å². The molecule has 0 fully saturated rings. The van der Waals surface area contributed by atoms with Crippen molar-refractivity contribution in [3.8, 4) is 5.75 Å². The van der Waals surface area contributed by atoms with Crippen LogP contribution in [0.3, 0.4) is 0 Å². The van der Waals surface area contributed by atoms with E-state index in [2.05, 4.69) is 12.2 Å². The van der Waals surface area contributed by atoms with Gasteiger partial charge in [0.1, 0.15) is 5.75 Å². The van der Waals surface area contributed by atoms with Crippen molar-refractivity contribution in [1.82, 2.24) is 0 Å². The van der Waals surface area contributed by atoms with Gasteiger partial charge in [-0.1, -0.05) is 37.3 Å². The lowest BCUT2D eigenvalue weighted by atomic mass is 10.1. The quantitative estimate of drug-likeness (QED) is 0.729. The number of benzene rings is 2. The van der Waals surface area contributed by atoms with Crippen molar-refractivity contribution in [2.24, 2.45) is 0 Å². The molecule has 0 spiro atoms. The lowest BCUT2D eigenvalue weighted by Crippen LogP contribution is -2.14. The van der Waals surface area contributed by atoms with Crippen LogP contribution in [-0.2, 0) is 22.4 Å². The summed E-state index contributed by atoms with van der Waals surface area (Å²) in [5.41, 5.74) is 2.21. The molecule has 0 saturated carbocycles. The highest BCUT2D eigenvalue weighted by Gasteiger charge is 2.09. The first kappa shape index (κ1) is 18.5. The molecule has 0 saturated heterocycles. The van der Waals surface area contributed by atoms with Crippen LogP contribution in [0.1, 0.15) is 30.9 Å². The Morgan fingerprint density at radius 3 is 2.48 bits per heavy atom. The van der Waals surface area contributed by atoms with Crippen LogP contribution in [0.2, 0.25) is 0 Å². The van der Waals surface area contributed by atoms with E-state index in [0.717, 1.165) is 17.7 Å². The standard InChI is InChI=1S/C20H23NO4/c1-2-13-25-17-10-7-15(8-11-17)9-12-19(22)21-18-6-4-3-5-16(18)14-20(23)24/h3-8,10-11H,2,9,12-14H2,1H3,(H,21,22)(H,23,24). The van der Waals surface area contributed by atoms with Gasteiger partial charge >= 0.3 is 5.97 Å². The molecule has 0 aliphatic heterocycles. The van der Waals surface area contributed by atoms with Crippen LogP contribution in [0.4, 0.5) is 5.69 Å². The SMILES string of the molecule is CCCOc1ccc(CCC(=O)Nc2ccccc2CC(=O)O)cc1. The molecule has 25 heavy (non-hydrogen) atoms. The second kappa shape index (κ2) is 9.47. The van der Waals surface area contributed by atoms with Crippen molar-refractivity contribution < 1.29 is 19.4 Å². The molecular weight excluding hydrogens is 318 g/mol. The van der Waals surface area contributed by atoms with Crippen LogP contribution < -0.4 is 10.1 Å². The number of hydrogen-bond donors (Lipinski definition) is 2. The highest BCUT2D eigenvalue weighted by Crippen LogP contribution is 2.17. The van der Waals surface area contributed by atoms with E-state index in [9.17, 15) is 9.59 Å². The number of carboxylic acids is 1. The Bertz CT molecular complexity index is 710. The number of nitrogens with one attached hydrogen (secondary N) is 1. The van der Waals surface area contributed by atoms with Gasteiger partial charge in [-0.05, 0) is 42.2 Å². The largest absolute Gasteiger partial charge is 0.494 e. The Morgan fingerprint density at radius 2 is 1.80 bits per heavy atom. The number of aryl methyl sites for hydroxylation is 1. The summed E-state index contributed by atoms with van der Waals surface area (Å²) in [6.45, 7) is 2.75. The maximum Gasteiger partial charge on any atom is 0.307 e. The van der Waals surface area contributed by atoms with Crippen LogP contribution in [0, 0.1) is 0 Å². The lowest BCUT2D eigenvalue weighted by Gasteiger charge is -2.10. The zero-order chi connectivity index (χ0) is 18.1. The minimum absolute atomic E-state index is 0.115. The van der Waals surface area contributed by atoms with Crippen LogP contribution >= 0.6 is 0 Å². The first-order valence-corrected chi connectivity index (χ1v) is 8.39. The normalized spacial score (nSPS) is 10.3. The number of ether oxygens (including phenoxy) is 1. The number of hydrogen-bond acceptors (Lipinski definition) is 3. The number of carbonyl (C=O) groups is 2. The Kier molecular flexibility index (Phi) is 7.01. The predicted molar refractivity (Wildman–Crippen MR) is 97.0 cm³/mol. The topological polar surface area (TPSA) is 75.6 Å². The molecule has 0 atom stereocenters. The summed E-state index contributed by atoms with van der Waals surface area (Å²) in [6, 6.07) is 14.7. The molecule has 2 N–H and O–H groups in total. The molecule has 0 aromatic heterocycles. The second-order valence-corrected chi connectivity index (χ2v) is 5.77. The summed E-state index contributed by atoms with van der Waals surface area (Å²) in [4.78, 5) is 23.0. The highest BCUT2D eigenvalue weighted by atomic mass is 16.5. The zero-order valence-electron chi connectivity index (χ0n) is 14.3. The summed E-state index contributed by atoms with van der Waals surface area (Å²) < 4.78 is 5.53. The molecule has 0 heterocycles. The van der Waals surface area contributed by atoms with E-state index in [1.165, 1.54) is 0 Å². The Morgan fingerprint density at radius 1 is 1.08 bits per heavy atom. The smallest absolute Gasteiger partial charge is 0.307 e. The van der Waals surface area contributed by atoms with Crippen LogP contribution in [0.5, 0.6) is 5.75 Å². The number of carbonyl (C=O) groups excluding carboxylic acids is 1. The molecule has 0 unspecified atom stereocenters. The molecule has 0 radical (unpaired) electrons. The van der Waals surface area contributed by atoms with Crippen molar-refractivity contribution in [3.05, 3.63) is 59.7 Å². The summed E-state index contributed by atoms with van der Waals surface area (Å²) in [7, 11) is 0. The zero-order valence-corrected chi connectivity index (χ0v) is 14.3. The molecule has 0 aliphatic rings. The average Bonchev–Trinajstić information content (AvgIpc) is 2.60. The fraction of sp³-hybridized carbons (Fsp3) is 0.300. The number of rotatable bonds is 9. The molecule has 5 nitrogen and oxygen atoms in total. The fourth-order valence-corrected chi connectivity index (χ4v) is 2.40. The van der Waals surface area contributed by atoms with Gasteiger partial charge in [0, 0.05) is 12.1 Å². The van der Waals surface area contributed by atoms with E-state index in [-0.39, 0.29) is 12.3 Å². The molecule has 0 bridgehead atoms. The van der Waals surface area contributed by atoms with Gasteiger partial charge in [0.25, 0.3) is 0 Å². The minimum Gasteiger partial charge on any atom is -0.494 e. The highest BCUT2D eigenvalue weighted by molar-refractivity contribution is 5.92. The third-order valence-electron chi connectivity index (χ3n) is 3.67. The summed E-state index contributed by atoms with van der Waals surface area (Å²) >= 11 is 0. The number of amides is 1. The van der Waals surface area contributed by atoms with Crippen molar-refractivity contribution >= 4 is 17.6 Å². The maximum atomic E-state index is 12.1. The summed E-state index contributed by atoms with van der Waals surface area (Å²) in [5, 5.41) is 11.7. The van der Waals surface area contributed by atoms with E-state index >= 15 is 0 Å². The first-order chi connectivity index (χ1) is 12.1. The third-order valence-corrected chi connectivity index (χ3v) is 3.67. The number of carboxylic acid groups (broad SMARTS) is 1. The van der Waals surface area contributed by atoms with E-state index in [1.54, 1.807) is 24.3 Å². The van der Waals surface area contributed by atoms with Crippen LogP contribution in [0.25, 0.3) is 0 Å². The monoisotopic (exact) mass is 341 g/mol. The van der Waals surface area contributed by atoms with Gasteiger partial charge in [0.15, 0.2) is 0 Å². The maximum absolute atomic E-state index is 12.1.